The molecule has 0 heterocycles. The molecule has 0 aliphatic heterocycles. The molecule has 122 valence electrons. The Morgan fingerprint density at radius 1 is 1.04 bits per heavy atom. The predicted octanol–water partition coefficient (Wildman–Crippen LogP) is 3.43. The molecule has 2 aromatic rings. The molecule has 1 amide bonds. The first-order valence-electron chi connectivity index (χ1n) is 7.73. The van der Waals surface area contributed by atoms with Gasteiger partial charge in [-0.25, -0.2) is 4.79 Å². The number of benzene rings is 2. The predicted molar refractivity (Wildman–Crippen MR) is 90.0 cm³/mol. The van der Waals surface area contributed by atoms with Gasteiger partial charge in [0.2, 0.25) is 0 Å². The molecule has 0 aromatic heterocycles. The van der Waals surface area contributed by atoms with Crippen LogP contribution in [0.4, 0.5) is 4.79 Å². The van der Waals surface area contributed by atoms with Crippen molar-refractivity contribution in [2.45, 2.75) is 27.0 Å². The lowest BCUT2D eigenvalue weighted by Crippen LogP contribution is -2.34. The standard InChI is InChI=1S/C19H23NO3/c1-15-7-6-8-16(2)18(15)13-20(11-12-21)19(22)23-14-17-9-4-3-5-10-17/h3-10,21H,11-14H2,1-2H3. The summed E-state index contributed by atoms with van der Waals surface area (Å²) in [5.41, 5.74) is 4.29. The van der Waals surface area contributed by atoms with Crippen molar-refractivity contribution in [3.8, 4) is 0 Å². The average Bonchev–Trinajstić information content (AvgIpc) is 2.56. The van der Waals surface area contributed by atoms with Crippen LogP contribution in [0.3, 0.4) is 0 Å². The van der Waals surface area contributed by atoms with Crippen molar-refractivity contribution in [3.63, 3.8) is 0 Å². The summed E-state index contributed by atoms with van der Waals surface area (Å²) in [6, 6.07) is 15.6. The van der Waals surface area contributed by atoms with Gasteiger partial charge in [-0.2, -0.15) is 0 Å². The molecule has 0 fully saturated rings. The molecule has 0 aliphatic rings. The molecule has 2 aromatic carbocycles. The maximum absolute atomic E-state index is 12.3. The zero-order valence-electron chi connectivity index (χ0n) is 13.7. The van der Waals surface area contributed by atoms with Gasteiger partial charge < -0.3 is 14.7 Å². The van der Waals surface area contributed by atoms with Crippen LogP contribution in [0, 0.1) is 13.8 Å². The number of hydrogen-bond donors (Lipinski definition) is 1. The Morgan fingerprint density at radius 3 is 2.30 bits per heavy atom. The second-order valence-corrected chi connectivity index (χ2v) is 5.56. The summed E-state index contributed by atoms with van der Waals surface area (Å²) in [5, 5.41) is 9.24. The normalized spacial score (nSPS) is 10.4. The summed E-state index contributed by atoms with van der Waals surface area (Å²) in [5.74, 6) is 0. The maximum atomic E-state index is 12.3. The number of carbonyl (C=O) groups excluding carboxylic acids is 1. The molecule has 0 radical (unpaired) electrons. The van der Waals surface area contributed by atoms with Gasteiger partial charge in [0.1, 0.15) is 6.61 Å². The Bertz CT molecular complexity index is 620. The van der Waals surface area contributed by atoms with Crippen LogP contribution in [-0.4, -0.2) is 29.3 Å². The summed E-state index contributed by atoms with van der Waals surface area (Å²) < 4.78 is 5.37. The second-order valence-electron chi connectivity index (χ2n) is 5.56. The Labute approximate surface area is 137 Å². The molecule has 4 nitrogen and oxygen atoms in total. The molecular weight excluding hydrogens is 290 g/mol. The van der Waals surface area contributed by atoms with E-state index in [0.29, 0.717) is 6.54 Å². The number of ether oxygens (including phenoxy) is 1. The third-order valence-electron chi connectivity index (χ3n) is 3.83. The largest absolute Gasteiger partial charge is 0.445 e. The summed E-state index contributed by atoms with van der Waals surface area (Å²) >= 11 is 0. The zero-order valence-corrected chi connectivity index (χ0v) is 13.7. The van der Waals surface area contributed by atoms with Crippen molar-refractivity contribution < 1.29 is 14.6 Å². The van der Waals surface area contributed by atoms with Gasteiger partial charge in [-0.1, -0.05) is 48.5 Å². The Balaban J connectivity index is 2.04. The monoisotopic (exact) mass is 313 g/mol. The van der Waals surface area contributed by atoms with Gasteiger partial charge in [0, 0.05) is 13.1 Å². The van der Waals surface area contributed by atoms with Gasteiger partial charge in [-0.15, -0.1) is 0 Å². The van der Waals surface area contributed by atoms with Gasteiger partial charge in [0.05, 0.1) is 6.61 Å². The fourth-order valence-electron chi connectivity index (χ4n) is 2.46. The fraction of sp³-hybridized carbons (Fsp3) is 0.316. The van der Waals surface area contributed by atoms with E-state index in [1.165, 1.54) is 4.90 Å². The quantitative estimate of drug-likeness (QED) is 0.889. The molecule has 23 heavy (non-hydrogen) atoms. The molecule has 0 unspecified atom stereocenters. The highest BCUT2D eigenvalue weighted by molar-refractivity contribution is 5.67. The number of amides is 1. The molecule has 0 aliphatic carbocycles. The van der Waals surface area contributed by atoms with E-state index in [-0.39, 0.29) is 19.8 Å². The lowest BCUT2D eigenvalue weighted by molar-refractivity contribution is 0.0857. The maximum Gasteiger partial charge on any atom is 0.410 e. The zero-order chi connectivity index (χ0) is 16.7. The first-order chi connectivity index (χ1) is 11.1. The molecule has 0 spiro atoms. The van der Waals surface area contributed by atoms with Crippen molar-refractivity contribution in [2.24, 2.45) is 0 Å². The molecule has 0 bridgehead atoms. The van der Waals surface area contributed by atoms with E-state index >= 15 is 0 Å². The number of aliphatic hydroxyl groups is 1. The number of rotatable bonds is 6. The molecule has 4 heteroatoms. The van der Waals surface area contributed by atoms with Gasteiger partial charge in [0.15, 0.2) is 0 Å². The second kappa shape index (κ2) is 8.34. The molecule has 0 atom stereocenters. The van der Waals surface area contributed by atoms with E-state index in [1.54, 1.807) is 0 Å². The van der Waals surface area contributed by atoms with Crippen LogP contribution in [0.25, 0.3) is 0 Å². The van der Waals surface area contributed by atoms with Crippen LogP contribution in [0.1, 0.15) is 22.3 Å². The van der Waals surface area contributed by atoms with Gasteiger partial charge in [-0.3, -0.25) is 0 Å². The van der Waals surface area contributed by atoms with E-state index in [1.807, 2.05) is 62.4 Å². The van der Waals surface area contributed by atoms with Crippen molar-refractivity contribution in [2.75, 3.05) is 13.2 Å². The summed E-state index contributed by atoms with van der Waals surface area (Å²) in [6.07, 6.45) is -0.412. The van der Waals surface area contributed by atoms with E-state index in [0.717, 1.165) is 22.3 Å². The third kappa shape index (κ3) is 4.83. The van der Waals surface area contributed by atoms with E-state index in [4.69, 9.17) is 4.74 Å². The summed E-state index contributed by atoms with van der Waals surface area (Å²) in [6.45, 7) is 4.87. The minimum absolute atomic E-state index is 0.0919. The summed E-state index contributed by atoms with van der Waals surface area (Å²) in [7, 11) is 0. The number of carbonyl (C=O) groups is 1. The van der Waals surface area contributed by atoms with Crippen LogP contribution >= 0.6 is 0 Å². The number of hydrogen-bond acceptors (Lipinski definition) is 3. The number of nitrogens with zero attached hydrogens (tertiary/aromatic N) is 1. The Morgan fingerprint density at radius 2 is 1.70 bits per heavy atom. The number of aliphatic hydroxyl groups excluding tert-OH is 1. The average molecular weight is 313 g/mol. The van der Waals surface area contributed by atoms with Gasteiger partial charge in [0.25, 0.3) is 0 Å². The van der Waals surface area contributed by atoms with Crippen LogP contribution in [0.15, 0.2) is 48.5 Å². The summed E-state index contributed by atoms with van der Waals surface area (Å²) in [4.78, 5) is 13.9. The van der Waals surface area contributed by atoms with Crippen LogP contribution < -0.4 is 0 Å². The SMILES string of the molecule is Cc1cccc(C)c1CN(CCO)C(=O)OCc1ccccc1. The van der Waals surface area contributed by atoms with E-state index in [2.05, 4.69) is 0 Å². The number of aryl methyl sites for hydroxylation is 2. The van der Waals surface area contributed by atoms with Crippen LogP contribution in [0.2, 0.25) is 0 Å². The van der Waals surface area contributed by atoms with Crippen molar-refractivity contribution in [3.05, 3.63) is 70.8 Å². The molecule has 2 rings (SSSR count). The van der Waals surface area contributed by atoms with Gasteiger partial charge >= 0.3 is 6.09 Å². The lowest BCUT2D eigenvalue weighted by Gasteiger charge is -2.23. The first kappa shape index (κ1) is 17.0. The highest BCUT2D eigenvalue weighted by atomic mass is 16.6. The lowest BCUT2D eigenvalue weighted by atomic mass is 10.0. The minimum Gasteiger partial charge on any atom is -0.445 e. The van der Waals surface area contributed by atoms with Crippen LogP contribution in [-0.2, 0) is 17.9 Å². The van der Waals surface area contributed by atoms with Crippen molar-refractivity contribution >= 4 is 6.09 Å². The smallest absolute Gasteiger partial charge is 0.410 e. The van der Waals surface area contributed by atoms with E-state index < -0.39 is 6.09 Å². The topological polar surface area (TPSA) is 49.8 Å². The van der Waals surface area contributed by atoms with Crippen molar-refractivity contribution in [1.29, 1.82) is 0 Å². The van der Waals surface area contributed by atoms with E-state index in [9.17, 15) is 9.90 Å². The molecular formula is C19H23NO3. The highest BCUT2D eigenvalue weighted by Crippen LogP contribution is 2.16. The fourth-order valence-corrected chi connectivity index (χ4v) is 2.46. The molecule has 0 saturated heterocycles. The highest BCUT2D eigenvalue weighted by Gasteiger charge is 2.17. The van der Waals surface area contributed by atoms with Crippen molar-refractivity contribution in [1.82, 2.24) is 4.90 Å². The molecule has 0 saturated carbocycles. The minimum atomic E-state index is -0.412. The van der Waals surface area contributed by atoms with Crippen LogP contribution in [0.5, 0.6) is 0 Å². The molecule has 1 N–H and O–H groups in total. The Kier molecular flexibility index (Phi) is 6.18. The third-order valence-corrected chi connectivity index (χ3v) is 3.83. The van der Waals surface area contributed by atoms with Gasteiger partial charge in [-0.05, 0) is 36.1 Å². The Hall–Kier alpha value is -2.33. The first-order valence-corrected chi connectivity index (χ1v) is 7.73.